The molecule has 1 heterocycles. The largest absolute Gasteiger partial charge is 0.379 e. The summed E-state index contributed by atoms with van der Waals surface area (Å²) in [7, 11) is -4.12. The van der Waals surface area contributed by atoms with Crippen LogP contribution in [0.4, 0.5) is 0 Å². The van der Waals surface area contributed by atoms with Crippen LogP contribution in [0.3, 0.4) is 0 Å². The van der Waals surface area contributed by atoms with Gasteiger partial charge in [-0.1, -0.05) is 54.1 Å². The second kappa shape index (κ2) is 9.07. The van der Waals surface area contributed by atoms with Gasteiger partial charge < -0.3 is 9.50 Å². The van der Waals surface area contributed by atoms with Crippen LogP contribution in [0.5, 0.6) is 5.75 Å². The number of carbonyl (C=O) groups is 1. The van der Waals surface area contributed by atoms with Crippen LogP contribution in [0.2, 0.25) is 0 Å². The van der Waals surface area contributed by atoms with Crippen molar-refractivity contribution in [2.75, 3.05) is 0 Å². The minimum absolute atomic E-state index is 0.0421. The molecule has 0 fully saturated rings. The summed E-state index contributed by atoms with van der Waals surface area (Å²) in [4.78, 5) is 12.4. The summed E-state index contributed by atoms with van der Waals surface area (Å²) < 4.78 is 32.1. The molecule has 4 rings (SSSR count). The van der Waals surface area contributed by atoms with Crippen molar-refractivity contribution in [3.8, 4) is 11.4 Å². The van der Waals surface area contributed by atoms with Crippen molar-refractivity contribution in [1.82, 2.24) is 15.1 Å². The van der Waals surface area contributed by atoms with Crippen molar-refractivity contribution in [3.05, 3.63) is 108 Å². The summed E-state index contributed by atoms with van der Waals surface area (Å²) in [6.45, 7) is 2.33. The second-order valence-corrected chi connectivity index (χ2v) is 8.74. The molecule has 0 unspecified atom stereocenters. The van der Waals surface area contributed by atoms with Crippen LogP contribution in [-0.2, 0) is 16.7 Å². The highest BCUT2D eigenvalue weighted by atomic mass is 32.2. The highest BCUT2D eigenvalue weighted by Gasteiger charge is 2.20. The fourth-order valence-electron chi connectivity index (χ4n) is 3.02. The van der Waals surface area contributed by atoms with E-state index >= 15 is 0 Å². The molecule has 0 spiro atoms. The van der Waals surface area contributed by atoms with Crippen molar-refractivity contribution >= 4 is 16.0 Å². The van der Waals surface area contributed by atoms with Gasteiger partial charge in [0.25, 0.3) is 5.91 Å². The van der Waals surface area contributed by atoms with Crippen LogP contribution in [-0.4, -0.2) is 24.1 Å². The van der Waals surface area contributed by atoms with Gasteiger partial charge in [0, 0.05) is 12.1 Å². The van der Waals surface area contributed by atoms with Crippen molar-refractivity contribution < 1.29 is 17.4 Å². The Morgan fingerprint density at radius 3 is 2.50 bits per heavy atom. The zero-order valence-electron chi connectivity index (χ0n) is 17.3. The average molecular weight is 448 g/mol. The van der Waals surface area contributed by atoms with Crippen LogP contribution in [0.25, 0.3) is 5.69 Å². The number of hydrogen-bond donors (Lipinski definition) is 1. The van der Waals surface area contributed by atoms with Gasteiger partial charge in [-0.3, -0.25) is 4.79 Å². The zero-order valence-corrected chi connectivity index (χ0v) is 18.1. The van der Waals surface area contributed by atoms with Gasteiger partial charge in [0.2, 0.25) is 0 Å². The average Bonchev–Trinajstić information content (AvgIpc) is 3.30. The van der Waals surface area contributed by atoms with E-state index in [0.29, 0.717) is 12.1 Å². The predicted molar refractivity (Wildman–Crippen MR) is 120 cm³/mol. The molecular formula is C24H21N3O4S. The molecule has 7 nitrogen and oxygen atoms in total. The maximum atomic E-state index is 12.7. The van der Waals surface area contributed by atoms with Gasteiger partial charge in [-0.05, 0) is 42.8 Å². The zero-order chi connectivity index (χ0) is 22.6. The fourth-order valence-corrected chi connectivity index (χ4v) is 3.88. The van der Waals surface area contributed by atoms with Crippen LogP contribution >= 0.6 is 0 Å². The first-order chi connectivity index (χ1) is 15.4. The smallest absolute Gasteiger partial charge is 0.342 e. The Labute approximate surface area is 186 Å². The molecular weight excluding hydrogens is 426 g/mol. The summed E-state index contributed by atoms with van der Waals surface area (Å²) in [6, 6.07) is 23.0. The quantitative estimate of drug-likeness (QED) is 0.434. The Balaban J connectivity index is 1.46. The number of aryl methyl sites for hydroxylation is 1. The predicted octanol–water partition coefficient (Wildman–Crippen LogP) is 3.88. The normalized spacial score (nSPS) is 11.2. The van der Waals surface area contributed by atoms with E-state index < -0.39 is 10.1 Å². The lowest BCUT2D eigenvalue weighted by molar-refractivity contribution is 0.0950. The van der Waals surface area contributed by atoms with E-state index in [1.807, 2.05) is 61.5 Å². The lowest BCUT2D eigenvalue weighted by atomic mass is 10.2. The highest BCUT2D eigenvalue weighted by molar-refractivity contribution is 7.87. The first-order valence-corrected chi connectivity index (χ1v) is 11.3. The molecule has 4 aromatic rings. The highest BCUT2D eigenvalue weighted by Crippen LogP contribution is 2.21. The summed E-state index contributed by atoms with van der Waals surface area (Å²) in [5.41, 5.74) is 3.07. The van der Waals surface area contributed by atoms with E-state index in [4.69, 9.17) is 4.18 Å². The third-order valence-corrected chi connectivity index (χ3v) is 5.94. The van der Waals surface area contributed by atoms with Gasteiger partial charge in [0.1, 0.15) is 10.6 Å². The first-order valence-electron chi connectivity index (χ1n) is 9.89. The van der Waals surface area contributed by atoms with E-state index in [1.165, 1.54) is 29.2 Å². The third-order valence-electron chi connectivity index (χ3n) is 4.74. The molecule has 0 saturated heterocycles. The molecule has 0 aliphatic carbocycles. The van der Waals surface area contributed by atoms with E-state index in [1.54, 1.807) is 12.1 Å². The molecule has 0 radical (unpaired) electrons. The number of amides is 1. The van der Waals surface area contributed by atoms with Gasteiger partial charge in [-0.15, -0.1) is 0 Å². The first kappa shape index (κ1) is 21.3. The number of aromatic nitrogens is 2. The Morgan fingerprint density at radius 2 is 1.75 bits per heavy atom. The summed E-state index contributed by atoms with van der Waals surface area (Å²) >= 11 is 0. The van der Waals surface area contributed by atoms with Crippen LogP contribution < -0.4 is 9.50 Å². The van der Waals surface area contributed by atoms with Gasteiger partial charge >= 0.3 is 10.1 Å². The maximum Gasteiger partial charge on any atom is 0.342 e. The number of nitrogens with zero attached hydrogens (tertiary/aromatic N) is 2. The molecule has 0 aliphatic rings. The Bertz CT molecular complexity index is 1330. The van der Waals surface area contributed by atoms with Crippen LogP contribution in [0, 0.1) is 6.92 Å². The summed E-state index contributed by atoms with van der Waals surface area (Å²) in [6.07, 6.45) is 2.61. The molecule has 32 heavy (non-hydrogen) atoms. The number of benzene rings is 3. The lowest BCUT2D eigenvalue weighted by Gasteiger charge is -2.08. The fraction of sp³-hybridized carbons (Fsp3) is 0.0833. The maximum absolute atomic E-state index is 12.7. The van der Waals surface area contributed by atoms with Crippen molar-refractivity contribution in [2.24, 2.45) is 0 Å². The van der Waals surface area contributed by atoms with Gasteiger partial charge in [0.05, 0.1) is 18.1 Å². The molecule has 3 aromatic carbocycles. The van der Waals surface area contributed by atoms with Gasteiger partial charge in [-0.2, -0.15) is 13.5 Å². The van der Waals surface area contributed by atoms with E-state index in [-0.39, 0.29) is 16.6 Å². The molecule has 0 bridgehead atoms. The van der Waals surface area contributed by atoms with Gasteiger partial charge in [0.15, 0.2) is 0 Å². The topological polar surface area (TPSA) is 90.3 Å². The molecule has 1 N–H and O–H groups in total. The summed E-state index contributed by atoms with van der Waals surface area (Å²) in [5, 5.41) is 6.92. The minimum Gasteiger partial charge on any atom is -0.379 e. The van der Waals surface area contributed by atoms with E-state index in [0.717, 1.165) is 16.8 Å². The minimum atomic E-state index is -4.12. The number of rotatable bonds is 7. The van der Waals surface area contributed by atoms with E-state index in [2.05, 4.69) is 10.4 Å². The molecule has 0 atom stereocenters. The van der Waals surface area contributed by atoms with Crippen LogP contribution in [0.15, 0.2) is 96.2 Å². The monoisotopic (exact) mass is 447 g/mol. The molecule has 0 aliphatic heterocycles. The third kappa shape index (κ3) is 5.04. The van der Waals surface area contributed by atoms with Crippen molar-refractivity contribution in [3.63, 3.8) is 0 Å². The number of hydrogen-bond acceptors (Lipinski definition) is 5. The SMILES string of the molecule is Cc1ccc(-n2cc(S(=O)(=O)Oc3cccc(C(=O)NCc4ccccc4)c3)cn2)cc1. The van der Waals surface area contributed by atoms with Crippen LogP contribution in [0.1, 0.15) is 21.5 Å². The second-order valence-electron chi connectivity index (χ2n) is 7.19. The van der Waals surface area contributed by atoms with Crippen molar-refractivity contribution in [1.29, 1.82) is 0 Å². The Hall–Kier alpha value is -3.91. The Morgan fingerprint density at radius 1 is 1.00 bits per heavy atom. The molecule has 8 heteroatoms. The number of carbonyl (C=O) groups excluding carboxylic acids is 1. The van der Waals surface area contributed by atoms with Gasteiger partial charge in [-0.25, -0.2) is 4.68 Å². The molecule has 1 aromatic heterocycles. The van der Waals surface area contributed by atoms with Crippen molar-refractivity contribution in [2.45, 2.75) is 18.4 Å². The molecule has 162 valence electrons. The standard InChI is InChI=1S/C24H21N3O4S/c1-18-10-12-21(13-11-18)27-17-23(16-26-27)32(29,30)31-22-9-5-8-20(14-22)24(28)25-15-19-6-3-2-4-7-19/h2-14,16-17H,15H2,1H3,(H,25,28). The molecule has 0 saturated carbocycles. The molecule has 1 amide bonds. The summed E-state index contributed by atoms with van der Waals surface area (Å²) in [5.74, 6) is -0.288. The lowest BCUT2D eigenvalue weighted by Crippen LogP contribution is -2.22. The Kier molecular flexibility index (Phi) is 6.04. The number of nitrogens with one attached hydrogen (secondary N) is 1. The van der Waals surface area contributed by atoms with E-state index in [9.17, 15) is 13.2 Å².